The molecule has 6 nitrogen and oxygen atoms in total. The number of para-hydroxylation sites is 1. The van der Waals surface area contributed by atoms with Crippen molar-refractivity contribution < 1.29 is 9.53 Å². The summed E-state index contributed by atoms with van der Waals surface area (Å²) in [7, 11) is 0. The minimum atomic E-state index is -0.290. The Morgan fingerprint density at radius 3 is 2.68 bits per heavy atom. The maximum absolute atomic E-state index is 12.4. The Labute approximate surface area is 145 Å². The Morgan fingerprint density at radius 2 is 1.92 bits per heavy atom. The molecule has 0 saturated heterocycles. The van der Waals surface area contributed by atoms with Crippen molar-refractivity contribution in [2.75, 3.05) is 11.9 Å². The molecular formula is C19H19N3O3. The van der Waals surface area contributed by atoms with Crippen LogP contribution in [0.1, 0.15) is 13.3 Å². The first-order valence-electron chi connectivity index (χ1n) is 8.14. The van der Waals surface area contributed by atoms with E-state index in [4.69, 9.17) is 4.74 Å². The van der Waals surface area contributed by atoms with Crippen molar-refractivity contribution in [2.24, 2.45) is 0 Å². The summed E-state index contributed by atoms with van der Waals surface area (Å²) in [5, 5.41) is 3.26. The Kier molecular flexibility index (Phi) is 5.09. The maximum Gasteiger partial charge on any atom is 0.261 e. The van der Waals surface area contributed by atoms with Gasteiger partial charge in [-0.25, -0.2) is 4.98 Å². The first kappa shape index (κ1) is 16.7. The van der Waals surface area contributed by atoms with Gasteiger partial charge in [-0.3, -0.25) is 14.2 Å². The molecule has 1 aromatic heterocycles. The summed E-state index contributed by atoms with van der Waals surface area (Å²) in [5.74, 6) is 0.469. The molecule has 3 rings (SSSR count). The molecule has 0 aliphatic carbocycles. The van der Waals surface area contributed by atoms with Gasteiger partial charge in [-0.05, 0) is 42.8 Å². The van der Waals surface area contributed by atoms with Gasteiger partial charge in [0.05, 0.1) is 23.8 Å². The molecule has 25 heavy (non-hydrogen) atoms. The lowest BCUT2D eigenvalue weighted by Crippen LogP contribution is -2.27. The topological polar surface area (TPSA) is 73.2 Å². The van der Waals surface area contributed by atoms with Crippen molar-refractivity contribution in [3.63, 3.8) is 0 Å². The molecule has 2 aromatic carbocycles. The number of ether oxygens (including phenoxy) is 1. The second-order valence-corrected chi connectivity index (χ2v) is 5.62. The van der Waals surface area contributed by atoms with E-state index in [-0.39, 0.29) is 18.0 Å². The third-order valence-corrected chi connectivity index (χ3v) is 3.66. The van der Waals surface area contributed by atoms with Gasteiger partial charge in [-0.2, -0.15) is 0 Å². The molecular weight excluding hydrogens is 318 g/mol. The average Bonchev–Trinajstić information content (AvgIpc) is 2.64. The van der Waals surface area contributed by atoms with Gasteiger partial charge in [0.15, 0.2) is 0 Å². The Balaban J connectivity index is 1.68. The van der Waals surface area contributed by atoms with Crippen LogP contribution in [0.5, 0.6) is 5.75 Å². The second kappa shape index (κ2) is 7.61. The molecule has 1 N–H and O–H groups in total. The second-order valence-electron chi connectivity index (χ2n) is 5.62. The molecule has 0 bridgehead atoms. The fourth-order valence-electron chi connectivity index (χ4n) is 2.43. The predicted octanol–water partition coefficient (Wildman–Crippen LogP) is 2.82. The van der Waals surface area contributed by atoms with Crippen molar-refractivity contribution in [1.29, 1.82) is 0 Å². The van der Waals surface area contributed by atoms with Gasteiger partial charge in [-0.15, -0.1) is 0 Å². The zero-order valence-electron chi connectivity index (χ0n) is 13.9. The summed E-state index contributed by atoms with van der Waals surface area (Å²) in [5.41, 5.74) is 1.03. The molecule has 0 fully saturated rings. The van der Waals surface area contributed by atoms with Crippen molar-refractivity contribution >= 4 is 22.5 Å². The van der Waals surface area contributed by atoms with Crippen molar-refractivity contribution in [1.82, 2.24) is 9.55 Å². The standard InChI is InChI=1S/C19H19N3O3/c1-2-11-25-15-9-7-14(8-10-15)21-18(23)12-22-13-20-17-6-4-3-5-16(17)19(22)24/h3-10,13H,2,11-12H2,1H3,(H,21,23). The molecule has 0 unspecified atom stereocenters. The highest BCUT2D eigenvalue weighted by Crippen LogP contribution is 2.16. The number of amides is 1. The van der Waals surface area contributed by atoms with Crippen molar-refractivity contribution in [3.8, 4) is 5.75 Å². The molecule has 128 valence electrons. The van der Waals surface area contributed by atoms with Gasteiger partial charge < -0.3 is 10.1 Å². The molecule has 0 aliphatic rings. The molecule has 0 aliphatic heterocycles. The lowest BCUT2D eigenvalue weighted by molar-refractivity contribution is -0.116. The lowest BCUT2D eigenvalue weighted by atomic mass is 10.2. The number of rotatable bonds is 6. The quantitative estimate of drug-likeness (QED) is 0.751. The average molecular weight is 337 g/mol. The number of hydrogen-bond donors (Lipinski definition) is 1. The summed E-state index contributed by atoms with van der Waals surface area (Å²) in [6.45, 7) is 2.60. The zero-order chi connectivity index (χ0) is 17.6. The van der Waals surface area contributed by atoms with E-state index in [0.717, 1.165) is 12.2 Å². The molecule has 0 atom stereocenters. The molecule has 3 aromatic rings. The molecule has 6 heteroatoms. The minimum absolute atomic E-state index is 0.0925. The first-order valence-corrected chi connectivity index (χ1v) is 8.14. The van der Waals surface area contributed by atoms with Crippen LogP contribution in [0.4, 0.5) is 5.69 Å². The van der Waals surface area contributed by atoms with E-state index in [9.17, 15) is 9.59 Å². The van der Waals surface area contributed by atoms with Crippen molar-refractivity contribution in [2.45, 2.75) is 19.9 Å². The van der Waals surface area contributed by atoms with E-state index in [1.807, 2.05) is 13.0 Å². The molecule has 0 saturated carbocycles. The summed E-state index contributed by atoms with van der Waals surface area (Å²) in [6.07, 6.45) is 2.33. The Bertz CT molecular complexity index is 933. The summed E-state index contributed by atoms with van der Waals surface area (Å²) >= 11 is 0. The van der Waals surface area contributed by atoms with Crippen LogP contribution >= 0.6 is 0 Å². The highest BCUT2D eigenvalue weighted by molar-refractivity contribution is 5.90. The lowest BCUT2D eigenvalue weighted by Gasteiger charge is -2.09. The normalized spacial score (nSPS) is 10.6. The number of benzene rings is 2. The molecule has 0 radical (unpaired) electrons. The molecule has 1 heterocycles. The first-order chi connectivity index (χ1) is 12.2. The molecule has 1 amide bonds. The van der Waals surface area contributed by atoms with E-state index < -0.39 is 0 Å². The summed E-state index contributed by atoms with van der Waals surface area (Å²) in [4.78, 5) is 28.8. The largest absolute Gasteiger partial charge is 0.494 e. The van der Waals surface area contributed by atoms with Crippen LogP contribution in [-0.4, -0.2) is 22.1 Å². The van der Waals surface area contributed by atoms with Crippen LogP contribution in [0.15, 0.2) is 59.7 Å². The van der Waals surface area contributed by atoms with Gasteiger partial charge in [0.2, 0.25) is 5.91 Å². The highest BCUT2D eigenvalue weighted by Gasteiger charge is 2.08. The number of hydrogen-bond acceptors (Lipinski definition) is 4. The van der Waals surface area contributed by atoms with E-state index in [0.29, 0.717) is 23.2 Å². The van der Waals surface area contributed by atoms with E-state index in [2.05, 4.69) is 10.3 Å². The zero-order valence-corrected chi connectivity index (χ0v) is 13.9. The van der Waals surface area contributed by atoms with E-state index >= 15 is 0 Å². The highest BCUT2D eigenvalue weighted by atomic mass is 16.5. The number of carbonyl (C=O) groups is 1. The SMILES string of the molecule is CCCOc1ccc(NC(=O)Cn2cnc3ccccc3c2=O)cc1. The third kappa shape index (κ3) is 4.03. The Morgan fingerprint density at radius 1 is 1.16 bits per heavy atom. The van der Waals surface area contributed by atoms with Crippen LogP contribution in [0, 0.1) is 0 Å². The van der Waals surface area contributed by atoms with Crippen LogP contribution in [-0.2, 0) is 11.3 Å². The third-order valence-electron chi connectivity index (χ3n) is 3.66. The van der Waals surface area contributed by atoms with Gasteiger partial charge >= 0.3 is 0 Å². The van der Waals surface area contributed by atoms with E-state index in [1.54, 1.807) is 42.5 Å². The van der Waals surface area contributed by atoms with Crippen LogP contribution < -0.4 is 15.6 Å². The minimum Gasteiger partial charge on any atom is -0.494 e. The number of carbonyl (C=O) groups excluding carboxylic acids is 1. The van der Waals surface area contributed by atoms with Gasteiger partial charge in [0.1, 0.15) is 12.3 Å². The fourth-order valence-corrected chi connectivity index (χ4v) is 2.43. The predicted molar refractivity (Wildman–Crippen MR) is 96.9 cm³/mol. The van der Waals surface area contributed by atoms with Crippen LogP contribution in [0.25, 0.3) is 10.9 Å². The molecule has 0 spiro atoms. The van der Waals surface area contributed by atoms with Crippen molar-refractivity contribution in [3.05, 3.63) is 65.2 Å². The Hall–Kier alpha value is -3.15. The number of aromatic nitrogens is 2. The maximum atomic E-state index is 12.4. The number of nitrogens with one attached hydrogen (secondary N) is 1. The van der Waals surface area contributed by atoms with Gasteiger partial charge in [-0.1, -0.05) is 19.1 Å². The monoisotopic (exact) mass is 337 g/mol. The number of nitrogens with zero attached hydrogens (tertiary/aromatic N) is 2. The van der Waals surface area contributed by atoms with Gasteiger partial charge in [0.25, 0.3) is 5.56 Å². The number of anilines is 1. The number of fused-ring (bicyclic) bond motifs is 1. The van der Waals surface area contributed by atoms with E-state index in [1.165, 1.54) is 10.9 Å². The van der Waals surface area contributed by atoms with Crippen LogP contribution in [0.2, 0.25) is 0 Å². The smallest absolute Gasteiger partial charge is 0.261 e. The van der Waals surface area contributed by atoms with Gasteiger partial charge in [0, 0.05) is 5.69 Å². The summed E-state index contributed by atoms with van der Waals surface area (Å²) < 4.78 is 6.80. The van der Waals surface area contributed by atoms with Crippen LogP contribution in [0.3, 0.4) is 0 Å². The summed E-state index contributed by atoms with van der Waals surface area (Å²) in [6, 6.07) is 14.2. The fraction of sp³-hybridized carbons (Fsp3) is 0.211.